The van der Waals surface area contributed by atoms with E-state index in [1.54, 1.807) is 7.11 Å². The van der Waals surface area contributed by atoms with E-state index in [0.717, 1.165) is 58.2 Å². The predicted octanol–water partition coefficient (Wildman–Crippen LogP) is 2.40. The van der Waals surface area contributed by atoms with Crippen molar-refractivity contribution < 1.29 is 9.47 Å². The molecule has 0 spiro atoms. The molecule has 0 bridgehead atoms. The predicted molar refractivity (Wildman–Crippen MR) is 114 cm³/mol. The highest BCUT2D eigenvalue weighted by Crippen LogP contribution is 2.24. The monoisotopic (exact) mass is 388 g/mol. The minimum atomic E-state index is -0.188. The van der Waals surface area contributed by atoms with E-state index in [9.17, 15) is 0 Å². The molecular weight excluding hydrogens is 352 g/mol. The fourth-order valence-electron chi connectivity index (χ4n) is 4.07. The van der Waals surface area contributed by atoms with Crippen molar-refractivity contribution in [2.45, 2.75) is 50.8 Å². The number of nitrogens with one attached hydrogen (secondary N) is 2. The summed E-state index contributed by atoms with van der Waals surface area (Å²) in [6.45, 7) is 8.36. The Morgan fingerprint density at radius 2 is 2.07 bits per heavy atom. The lowest BCUT2D eigenvalue weighted by molar-refractivity contribution is -0.0828. The summed E-state index contributed by atoms with van der Waals surface area (Å²) in [6, 6.07) is 11.2. The van der Waals surface area contributed by atoms with E-state index in [0.29, 0.717) is 12.6 Å². The summed E-state index contributed by atoms with van der Waals surface area (Å²) in [5.74, 6) is 0.900. The van der Waals surface area contributed by atoms with Gasteiger partial charge in [0.15, 0.2) is 5.96 Å². The number of hydrogen-bond donors (Lipinski definition) is 2. The minimum Gasteiger partial charge on any atom is -0.381 e. The normalized spacial score (nSPS) is 23.4. The molecule has 2 N–H and O–H groups in total. The molecule has 1 aromatic rings. The number of rotatable bonds is 7. The third-order valence-electron chi connectivity index (χ3n) is 5.80. The van der Waals surface area contributed by atoms with Crippen LogP contribution in [0.4, 0.5) is 0 Å². The van der Waals surface area contributed by atoms with Gasteiger partial charge in [0.05, 0.1) is 12.1 Å². The van der Waals surface area contributed by atoms with E-state index in [1.165, 1.54) is 18.4 Å². The number of guanidine groups is 1. The average molecular weight is 389 g/mol. The molecule has 0 radical (unpaired) electrons. The first-order valence-corrected chi connectivity index (χ1v) is 10.7. The van der Waals surface area contributed by atoms with Crippen LogP contribution in [-0.2, 0) is 16.0 Å². The second kappa shape index (κ2) is 10.8. The van der Waals surface area contributed by atoms with Gasteiger partial charge in [0.1, 0.15) is 0 Å². The van der Waals surface area contributed by atoms with E-state index in [-0.39, 0.29) is 5.60 Å². The largest absolute Gasteiger partial charge is 0.381 e. The quantitative estimate of drug-likeness (QED) is 0.555. The molecule has 1 atom stereocenters. The van der Waals surface area contributed by atoms with Gasteiger partial charge in [0, 0.05) is 58.8 Å². The molecule has 2 aliphatic rings. The molecule has 28 heavy (non-hydrogen) atoms. The zero-order valence-electron chi connectivity index (χ0n) is 17.5. The standard InChI is InChI=1S/C22H36N4O2/c1-3-23-21(24-18-22(27-2)11-14-28-15-12-22)25-20-10-7-13-26(17-20)16-19-8-5-4-6-9-19/h4-6,8-9,20H,3,7,10-18H2,1-2H3,(H2,23,24,25). The average Bonchev–Trinajstić information content (AvgIpc) is 2.74. The molecule has 2 saturated heterocycles. The zero-order valence-corrected chi connectivity index (χ0v) is 17.5. The van der Waals surface area contributed by atoms with Gasteiger partial charge in [-0.2, -0.15) is 0 Å². The summed E-state index contributed by atoms with van der Waals surface area (Å²) >= 11 is 0. The summed E-state index contributed by atoms with van der Waals surface area (Å²) in [5, 5.41) is 7.07. The molecule has 1 aromatic carbocycles. The van der Waals surface area contributed by atoms with Crippen molar-refractivity contribution in [1.29, 1.82) is 0 Å². The fraction of sp³-hybridized carbons (Fsp3) is 0.682. The van der Waals surface area contributed by atoms with Crippen LogP contribution in [0, 0.1) is 0 Å². The maximum absolute atomic E-state index is 5.83. The van der Waals surface area contributed by atoms with Crippen LogP contribution >= 0.6 is 0 Å². The number of aliphatic imine (C=N–C) groups is 1. The molecule has 0 aromatic heterocycles. The number of ether oxygens (including phenoxy) is 2. The second-order valence-corrected chi connectivity index (χ2v) is 7.90. The highest BCUT2D eigenvalue weighted by Gasteiger charge is 2.32. The van der Waals surface area contributed by atoms with E-state index in [2.05, 4.69) is 52.8 Å². The van der Waals surface area contributed by atoms with Crippen molar-refractivity contribution in [2.75, 3.05) is 46.5 Å². The van der Waals surface area contributed by atoms with Crippen LogP contribution in [-0.4, -0.2) is 69.0 Å². The van der Waals surface area contributed by atoms with E-state index in [1.807, 2.05) is 0 Å². The lowest BCUT2D eigenvalue weighted by atomic mass is 9.94. The summed E-state index contributed by atoms with van der Waals surface area (Å²) in [7, 11) is 1.80. The van der Waals surface area contributed by atoms with Gasteiger partial charge in [-0.05, 0) is 31.9 Å². The van der Waals surface area contributed by atoms with Gasteiger partial charge in [0.2, 0.25) is 0 Å². The van der Waals surface area contributed by atoms with E-state index < -0.39 is 0 Å². The van der Waals surface area contributed by atoms with Gasteiger partial charge in [-0.15, -0.1) is 0 Å². The van der Waals surface area contributed by atoms with E-state index in [4.69, 9.17) is 14.5 Å². The molecule has 6 heteroatoms. The molecule has 1 unspecified atom stereocenters. The van der Waals surface area contributed by atoms with Gasteiger partial charge in [-0.1, -0.05) is 30.3 Å². The fourth-order valence-corrected chi connectivity index (χ4v) is 4.07. The number of piperidine rings is 1. The highest BCUT2D eigenvalue weighted by atomic mass is 16.5. The highest BCUT2D eigenvalue weighted by molar-refractivity contribution is 5.80. The van der Waals surface area contributed by atoms with Crippen LogP contribution in [0.3, 0.4) is 0 Å². The van der Waals surface area contributed by atoms with Crippen LogP contribution in [0.15, 0.2) is 35.3 Å². The molecule has 3 rings (SSSR count). The Morgan fingerprint density at radius 3 is 2.79 bits per heavy atom. The summed E-state index contributed by atoms with van der Waals surface area (Å²) in [6.07, 6.45) is 4.20. The van der Waals surface area contributed by atoms with Crippen LogP contribution in [0.25, 0.3) is 0 Å². The Labute approximate surface area is 169 Å². The Hall–Kier alpha value is -1.63. The van der Waals surface area contributed by atoms with Gasteiger partial charge < -0.3 is 20.1 Å². The second-order valence-electron chi connectivity index (χ2n) is 7.90. The third-order valence-corrected chi connectivity index (χ3v) is 5.80. The first-order chi connectivity index (χ1) is 13.7. The Kier molecular flexibility index (Phi) is 8.13. The maximum atomic E-state index is 5.83. The first kappa shape index (κ1) is 21.1. The lowest BCUT2D eigenvalue weighted by Crippen LogP contribution is -2.51. The molecule has 2 heterocycles. The van der Waals surface area contributed by atoms with E-state index >= 15 is 0 Å². The maximum Gasteiger partial charge on any atom is 0.191 e. The smallest absolute Gasteiger partial charge is 0.191 e. The van der Waals surface area contributed by atoms with Crippen LogP contribution in [0.5, 0.6) is 0 Å². The molecule has 156 valence electrons. The number of nitrogens with zero attached hydrogens (tertiary/aromatic N) is 2. The molecular formula is C22H36N4O2. The molecule has 2 fully saturated rings. The van der Waals surface area contributed by atoms with Crippen molar-refractivity contribution in [3.8, 4) is 0 Å². The first-order valence-electron chi connectivity index (χ1n) is 10.7. The van der Waals surface area contributed by atoms with Crippen molar-refractivity contribution in [3.05, 3.63) is 35.9 Å². The SMILES string of the molecule is CCNC(=NCC1(OC)CCOCC1)NC1CCCN(Cc2ccccc2)C1. The van der Waals surface area contributed by atoms with Crippen molar-refractivity contribution in [2.24, 2.45) is 4.99 Å². The summed E-state index contributed by atoms with van der Waals surface area (Å²) < 4.78 is 11.3. The van der Waals surface area contributed by atoms with Crippen LogP contribution in [0.2, 0.25) is 0 Å². The number of benzene rings is 1. The molecule has 6 nitrogen and oxygen atoms in total. The van der Waals surface area contributed by atoms with Gasteiger partial charge in [-0.25, -0.2) is 0 Å². The Bertz CT molecular complexity index is 602. The van der Waals surface area contributed by atoms with Gasteiger partial charge >= 0.3 is 0 Å². The molecule has 0 amide bonds. The molecule has 0 aliphatic carbocycles. The van der Waals surface area contributed by atoms with Crippen molar-refractivity contribution in [3.63, 3.8) is 0 Å². The molecule has 2 aliphatic heterocycles. The zero-order chi connectivity index (χ0) is 19.7. The third kappa shape index (κ3) is 6.19. The lowest BCUT2D eigenvalue weighted by Gasteiger charge is -2.36. The van der Waals surface area contributed by atoms with Crippen molar-refractivity contribution in [1.82, 2.24) is 15.5 Å². The number of likely N-dealkylation sites (tertiary alicyclic amines) is 1. The Morgan fingerprint density at radius 1 is 1.29 bits per heavy atom. The van der Waals surface area contributed by atoms with Gasteiger partial charge in [0.25, 0.3) is 0 Å². The minimum absolute atomic E-state index is 0.188. The number of hydrogen-bond acceptors (Lipinski definition) is 4. The molecule has 0 saturated carbocycles. The Balaban J connectivity index is 1.56. The van der Waals surface area contributed by atoms with Crippen molar-refractivity contribution >= 4 is 5.96 Å². The van der Waals surface area contributed by atoms with Crippen LogP contribution in [0.1, 0.15) is 38.2 Å². The summed E-state index contributed by atoms with van der Waals surface area (Å²) in [5.41, 5.74) is 1.19. The summed E-state index contributed by atoms with van der Waals surface area (Å²) in [4.78, 5) is 7.42. The number of methoxy groups -OCH3 is 1. The topological polar surface area (TPSA) is 58.1 Å². The van der Waals surface area contributed by atoms with Crippen LogP contribution < -0.4 is 10.6 Å². The van der Waals surface area contributed by atoms with Gasteiger partial charge in [-0.3, -0.25) is 9.89 Å².